The number of halogens is 2. The van der Waals surface area contributed by atoms with Gasteiger partial charge in [-0.2, -0.15) is 0 Å². The average molecular weight is 365 g/mol. The van der Waals surface area contributed by atoms with E-state index < -0.39 is 5.82 Å². The Hall–Kier alpha value is -3.05. The SMILES string of the molecule is CNc1nc(-c2cccnc2)nc2cc(-c3cccc(Cl)c3F)ccc12. The molecule has 0 aliphatic carbocycles. The Morgan fingerprint density at radius 2 is 1.88 bits per heavy atom. The Kier molecular flexibility index (Phi) is 4.22. The third kappa shape index (κ3) is 2.86. The zero-order valence-electron chi connectivity index (χ0n) is 13.9. The van der Waals surface area contributed by atoms with E-state index in [2.05, 4.69) is 20.3 Å². The number of benzene rings is 2. The normalized spacial score (nSPS) is 10.9. The number of rotatable bonds is 3. The Balaban J connectivity index is 1.93. The summed E-state index contributed by atoms with van der Waals surface area (Å²) in [5.41, 5.74) is 2.66. The maximum absolute atomic E-state index is 14.4. The van der Waals surface area contributed by atoms with E-state index >= 15 is 0 Å². The quantitative estimate of drug-likeness (QED) is 0.543. The van der Waals surface area contributed by atoms with Crippen molar-refractivity contribution in [3.8, 4) is 22.5 Å². The van der Waals surface area contributed by atoms with Crippen LogP contribution in [0.15, 0.2) is 60.9 Å². The number of hydrogen-bond acceptors (Lipinski definition) is 4. The summed E-state index contributed by atoms with van der Waals surface area (Å²) in [6, 6.07) is 14.2. The minimum absolute atomic E-state index is 0.0947. The van der Waals surface area contributed by atoms with Crippen LogP contribution in [-0.2, 0) is 0 Å². The van der Waals surface area contributed by atoms with E-state index in [1.54, 1.807) is 31.6 Å². The van der Waals surface area contributed by atoms with Gasteiger partial charge < -0.3 is 5.32 Å². The fourth-order valence-corrected chi connectivity index (χ4v) is 3.01. The molecule has 0 saturated carbocycles. The Morgan fingerprint density at radius 3 is 2.65 bits per heavy atom. The highest BCUT2D eigenvalue weighted by molar-refractivity contribution is 6.31. The predicted molar refractivity (Wildman–Crippen MR) is 103 cm³/mol. The lowest BCUT2D eigenvalue weighted by molar-refractivity contribution is 0.632. The van der Waals surface area contributed by atoms with Gasteiger partial charge in [-0.05, 0) is 35.9 Å². The van der Waals surface area contributed by atoms with Crippen molar-refractivity contribution >= 4 is 28.3 Å². The third-order valence-electron chi connectivity index (χ3n) is 4.12. The van der Waals surface area contributed by atoms with Crippen molar-refractivity contribution < 1.29 is 4.39 Å². The molecule has 6 heteroatoms. The molecule has 0 bridgehead atoms. The fourth-order valence-electron chi connectivity index (χ4n) is 2.84. The molecule has 4 nitrogen and oxygen atoms in total. The number of pyridine rings is 1. The molecule has 0 amide bonds. The van der Waals surface area contributed by atoms with Crippen LogP contribution >= 0.6 is 11.6 Å². The molecular formula is C20H14ClFN4. The van der Waals surface area contributed by atoms with Gasteiger partial charge in [0, 0.05) is 36.0 Å². The van der Waals surface area contributed by atoms with E-state index in [9.17, 15) is 4.39 Å². The van der Waals surface area contributed by atoms with Crippen LogP contribution in [0.3, 0.4) is 0 Å². The molecule has 2 aromatic heterocycles. The van der Waals surface area contributed by atoms with Crippen LogP contribution in [0.4, 0.5) is 10.2 Å². The second kappa shape index (κ2) is 6.69. The molecule has 26 heavy (non-hydrogen) atoms. The molecule has 0 unspecified atom stereocenters. The lowest BCUT2D eigenvalue weighted by atomic mass is 10.0. The first-order chi connectivity index (χ1) is 12.7. The van der Waals surface area contributed by atoms with Crippen LogP contribution in [0.2, 0.25) is 5.02 Å². The number of anilines is 1. The van der Waals surface area contributed by atoms with Crippen molar-refractivity contribution in [3.05, 3.63) is 71.8 Å². The van der Waals surface area contributed by atoms with Gasteiger partial charge in [0.1, 0.15) is 11.6 Å². The van der Waals surface area contributed by atoms with Crippen LogP contribution in [0.1, 0.15) is 0 Å². The van der Waals surface area contributed by atoms with Crippen molar-refractivity contribution in [2.24, 2.45) is 0 Å². The second-order valence-electron chi connectivity index (χ2n) is 5.72. The molecule has 0 fully saturated rings. The molecule has 4 rings (SSSR count). The highest BCUT2D eigenvalue weighted by atomic mass is 35.5. The minimum Gasteiger partial charge on any atom is -0.373 e. The van der Waals surface area contributed by atoms with E-state index in [0.717, 1.165) is 10.9 Å². The summed E-state index contributed by atoms with van der Waals surface area (Å²) in [6.45, 7) is 0. The Labute approximate surface area is 154 Å². The molecule has 0 aliphatic rings. The first kappa shape index (κ1) is 16.4. The standard InChI is InChI=1S/C20H14ClFN4/c1-23-20-15-8-7-12(14-5-2-6-16(21)18(14)22)10-17(15)25-19(26-20)13-4-3-9-24-11-13/h2-11H,1H3,(H,23,25,26). The van der Waals surface area contributed by atoms with E-state index in [-0.39, 0.29) is 5.02 Å². The number of nitrogens with zero attached hydrogens (tertiary/aromatic N) is 3. The molecule has 1 N–H and O–H groups in total. The van der Waals surface area contributed by atoms with Crippen molar-refractivity contribution in [1.29, 1.82) is 0 Å². The second-order valence-corrected chi connectivity index (χ2v) is 6.13. The Morgan fingerprint density at radius 1 is 1.00 bits per heavy atom. The average Bonchev–Trinajstić information content (AvgIpc) is 2.69. The first-order valence-corrected chi connectivity index (χ1v) is 8.39. The molecule has 128 valence electrons. The third-order valence-corrected chi connectivity index (χ3v) is 4.41. The predicted octanol–water partition coefficient (Wildman–Crippen LogP) is 5.19. The van der Waals surface area contributed by atoms with E-state index in [0.29, 0.717) is 28.3 Å². The van der Waals surface area contributed by atoms with Crippen molar-refractivity contribution in [2.45, 2.75) is 0 Å². The van der Waals surface area contributed by atoms with Gasteiger partial charge in [-0.25, -0.2) is 14.4 Å². The minimum atomic E-state index is -0.441. The maximum atomic E-state index is 14.4. The lowest BCUT2D eigenvalue weighted by Crippen LogP contribution is -1.99. The largest absolute Gasteiger partial charge is 0.373 e. The van der Waals surface area contributed by atoms with Crippen LogP contribution in [0, 0.1) is 5.82 Å². The van der Waals surface area contributed by atoms with Gasteiger partial charge in [-0.15, -0.1) is 0 Å². The van der Waals surface area contributed by atoms with Crippen molar-refractivity contribution in [3.63, 3.8) is 0 Å². The highest BCUT2D eigenvalue weighted by Crippen LogP contribution is 2.32. The maximum Gasteiger partial charge on any atom is 0.163 e. The van der Waals surface area contributed by atoms with Gasteiger partial charge in [-0.3, -0.25) is 4.98 Å². The van der Waals surface area contributed by atoms with Gasteiger partial charge in [0.25, 0.3) is 0 Å². The summed E-state index contributed by atoms with van der Waals surface area (Å²) < 4.78 is 14.4. The van der Waals surface area contributed by atoms with Gasteiger partial charge >= 0.3 is 0 Å². The van der Waals surface area contributed by atoms with E-state index in [1.165, 1.54) is 6.07 Å². The number of aromatic nitrogens is 3. The molecule has 0 aliphatic heterocycles. The summed E-state index contributed by atoms with van der Waals surface area (Å²) in [5.74, 6) is 0.814. The Bertz CT molecular complexity index is 1100. The molecule has 0 saturated heterocycles. The summed E-state index contributed by atoms with van der Waals surface area (Å²) >= 11 is 5.92. The topological polar surface area (TPSA) is 50.7 Å². The lowest BCUT2D eigenvalue weighted by Gasteiger charge is -2.10. The zero-order chi connectivity index (χ0) is 18.1. The molecule has 0 spiro atoms. The van der Waals surface area contributed by atoms with E-state index in [1.807, 2.05) is 30.3 Å². The van der Waals surface area contributed by atoms with Gasteiger partial charge in [0.2, 0.25) is 0 Å². The molecular weight excluding hydrogens is 351 g/mol. The van der Waals surface area contributed by atoms with Gasteiger partial charge in [0.15, 0.2) is 5.82 Å². The fraction of sp³-hybridized carbons (Fsp3) is 0.0500. The van der Waals surface area contributed by atoms with Crippen LogP contribution in [0.5, 0.6) is 0 Å². The molecule has 2 aromatic carbocycles. The van der Waals surface area contributed by atoms with Crippen LogP contribution in [0.25, 0.3) is 33.4 Å². The summed E-state index contributed by atoms with van der Waals surface area (Å²) in [5, 5.41) is 4.04. The number of hydrogen-bond donors (Lipinski definition) is 1. The van der Waals surface area contributed by atoms with Crippen LogP contribution in [-0.4, -0.2) is 22.0 Å². The molecule has 0 atom stereocenters. The molecule has 0 radical (unpaired) electrons. The van der Waals surface area contributed by atoms with Gasteiger partial charge in [-0.1, -0.05) is 29.8 Å². The summed E-state index contributed by atoms with van der Waals surface area (Å²) in [7, 11) is 1.80. The zero-order valence-corrected chi connectivity index (χ0v) is 14.6. The van der Waals surface area contributed by atoms with Crippen LogP contribution < -0.4 is 5.32 Å². The summed E-state index contributed by atoms with van der Waals surface area (Å²) in [4.78, 5) is 13.3. The summed E-state index contributed by atoms with van der Waals surface area (Å²) in [6.07, 6.45) is 3.41. The molecule has 2 heterocycles. The van der Waals surface area contributed by atoms with Gasteiger partial charge in [0.05, 0.1) is 10.5 Å². The smallest absolute Gasteiger partial charge is 0.163 e. The monoisotopic (exact) mass is 364 g/mol. The first-order valence-electron chi connectivity index (χ1n) is 8.01. The van der Waals surface area contributed by atoms with E-state index in [4.69, 9.17) is 11.6 Å². The van der Waals surface area contributed by atoms with Crippen molar-refractivity contribution in [2.75, 3.05) is 12.4 Å². The highest BCUT2D eigenvalue weighted by Gasteiger charge is 2.13. The number of nitrogens with one attached hydrogen (secondary N) is 1. The van der Waals surface area contributed by atoms with Crippen molar-refractivity contribution in [1.82, 2.24) is 15.0 Å². The molecule has 4 aromatic rings. The number of fused-ring (bicyclic) bond motifs is 1.